The minimum Gasteiger partial charge on any atom is -0.352 e. The van der Waals surface area contributed by atoms with Gasteiger partial charge < -0.3 is 10.2 Å². The molecule has 1 amide bonds. The van der Waals surface area contributed by atoms with E-state index >= 15 is 0 Å². The number of amides is 1. The number of hydrogen-bond donors (Lipinski definition) is 1. The van der Waals surface area contributed by atoms with Crippen molar-refractivity contribution in [3.63, 3.8) is 0 Å². The third-order valence-electron chi connectivity index (χ3n) is 6.44. The second-order valence-corrected chi connectivity index (χ2v) is 9.46. The molecule has 1 saturated heterocycles. The van der Waals surface area contributed by atoms with Gasteiger partial charge >= 0.3 is 0 Å². The molecule has 0 spiro atoms. The van der Waals surface area contributed by atoms with Gasteiger partial charge in [-0.2, -0.15) is 5.10 Å². The number of nitrogens with zero attached hydrogens (tertiary/aromatic N) is 4. The van der Waals surface area contributed by atoms with E-state index in [4.69, 9.17) is 11.6 Å². The van der Waals surface area contributed by atoms with E-state index in [0.717, 1.165) is 57.7 Å². The van der Waals surface area contributed by atoms with Gasteiger partial charge in [-0.3, -0.25) is 9.69 Å². The quantitative estimate of drug-likeness (QED) is 0.423. The smallest absolute Gasteiger partial charge is 0.256 e. The summed E-state index contributed by atoms with van der Waals surface area (Å²) < 4.78 is 14.7. The highest BCUT2D eigenvalue weighted by molar-refractivity contribution is 6.33. The topological polar surface area (TPSA) is 53.4 Å². The molecule has 35 heavy (non-hydrogen) atoms. The third-order valence-corrected chi connectivity index (χ3v) is 6.82. The number of carbonyl (C=O) groups is 1. The summed E-state index contributed by atoms with van der Waals surface area (Å²) in [5.41, 5.74) is 3.22. The van der Waals surface area contributed by atoms with Crippen LogP contribution in [0.1, 0.15) is 40.0 Å². The van der Waals surface area contributed by atoms with Crippen LogP contribution in [0.4, 0.5) is 4.39 Å². The zero-order chi connectivity index (χ0) is 24.6. The monoisotopic (exact) mass is 497 g/mol. The molecule has 1 fully saturated rings. The van der Waals surface area contributed by atoms with Gasteiger partial charge in [-0.15, -0.1) is 0 Å². The summed E-state index contributed by atoms with van der Waals surface area (Å²) in [7, 11) is 0. The summed E-state index contributed by atoms with van der Waals surface area (Å²) in [6.45, 7) is 9.17. The number of hydrogen-bond acceptors (Lipinski definition) is 4. The zero-order valence-corrected chi connectivity index (χ0v) is 21.0. The maximum Gasteiger partial charge on any atom is 0.256 e. The Morgan fingerprint density at radius 1 is 0.943 bits per heavy atom. The number of unbranched alkanes of at least 4 members (excludes halogenated alkanes) is 1. The average Bonchev–Trinajstić information content (AvgIpc) is 3.14. The Hall–Kier alpha value is -2.74. The fourth-order valence-electron chi connectivity index (χ4n) is 4.44. The normalized spacial score (nSPS) is 14.8. The second-order valence-electron chi connectivity index (χ2n) is 9.10. The fourth-order valence-corrected chi connectivity index (χ4v) is 4.76. The van der Waals surface area contributed by atoms with Gasteiger partial charge in [-0.25, -0.2) is 9.07 Å². The van der Waals surface area contributed by atoms with E-state index in [2.05, 4.69) is 50.5 Å². The Kier molecular flexibility index (Phi) is 8.90. The summed E-state index contributed by atoms with van der Waals surface area (Å²) in [6, 6.07) is 16.8. The maximum absolute atomic E-state index is 13.1. The molecule has 0 bridgehead atoms. The molecule has 0 radical (unpaired) electrons. The van der Waals surface area contributed by atoms with Crippen molar-refractivity contribution in [2.45, 2.75) is 32.9 Å². The molecule has 8 heteroatoms. The van der Waals surface area contributed by atoms with Crippen LogP contribution >= 0.6 is 11.6 Å². The van der Waals surface area contributed by atoms with Crippen LogP contribution in [0.25, 0.3) is 0 Å². The number of aromatic nitrogens is 2. The summed E-state index contributed by atoms with van der Waals surface area (Å²) >= 11 is 6.47. The highest BCUT2D eigenvalue weighted by Gasteiger charge is 2.20. The average molecular weight is 498 g/mol. The van der Waals surface area contributed by atoms with E-state index < -0.39 is 0 Å². The minimum absolute atomic E-state index is 0.201. The Labute approximate surface area is 211 Å². The van der Waals surface area contributed by atoms with Gasteiger partial charge in [0.15, 0.2) is 0 Å². The summed E-state index contributed by atoms with van der Waals surface area (Å²) in [5, 5.41) is 7.69. The molecule has 1 aliphatic heterocycles. The summed E-state index contributed by atoms with van der Waals surface area (Å²) in [4.78, 5) is 17.7. The van der Waals surface area contributed by atoms with Crippen molar-refractivity contribution in [2.75, 3.05) is 39.3 Å². The van der Waals surface area contributed by atoms with Crippen LogP contribution in [-0.4, -0.2) is 64.8 Å². The molecule has 3 aromatic rings. The van der Waals surface area contributed by atoms with Gasteiger partial charge in [0, 0.05) is 39.3 Å². The molecular formula is C27H33ClFN5O. The summed E-state index contributed by atoms with van der Waals surface area (Å²) in [6.07, 6.45) is 1.95. The molecule has 186 valence electrons. The van der Waals surface area contributed by atoms with Crippen molar-refractivity contribution < 1.29 is 9.18 Å². The molecule has 0 aliphatic carbocycles. The largest absolute Gasteiger partial charge is 0.352 e. The highest BCUT2D eigenvalue weighted by Crippen LogP contribution is 2.21. The number of rotatable bonds is 10. The van der Waals surface area contributed by atoms with Gasteiger partial charge in [0.1, 0.15) is 11.0 Å². The van der Waals surface area contributed by atoms with E-state index in [1.54, 1.807) is 23.7 Å². The van der Waals surface area contributed by atoms with Crippen molar-refractivity contribution in [3.8, 4) is 0 Å². The molecule has 0 saturated carbocycles. The zero-order valence-electron chi connectivity index (χ0n) is 20.2. The lowest BCUT2D eigenvalue weighted by molar-refractivity contribution is 0.0950. The van der Waals surface area contributed by atoms with Crippen LogP contribution in [0, 0.1) is 12.7 Å². The van der Waals surface area contributed by atoms with E-state index in [1.165, 1.54) is 17.7 Å². The predicted molar refractivity (Wildman–Crippen MR) is 137 cm³/mol. The minimum atomic E-state index is -0.290. The number of carbonyl (C=O) groups excluding carboxylic acids is 1. The molecule has 0 unspecified atom stereocenters. The van der Waals surface area contributed by atoms with Crippen molar-refractivity contribution in [1.29, 1.82) is 0 Å². The first-order chi connectivity index (χ1) is 17.0. The van der Waals surface area contributed by atoms with Crippen LogP contribution < -0.4 is 5.32 Å². The third kappa shape index (κ3) is 7.13. The molecule has 1 aliphatic rings. The van der Waals surface area contributed by atoms with Gasteiger partial charge in [0.05, 0.1) is 17.8 Å². The number of nitrogens with one attached hydrogen (secondary N) is 1. The molecular weight excluding hydrogens is 465 g/mol. The lowest BCUT2D eigenvalue weighted by Crippen LogP contribution is -2.46. The molecule has 6 nitrogen and oxygen atoms in total. The van der Waals surface area contributed by atoms with Crippen molar-refractivity contribution in [3.05, 3.63) is 88.0 Å². The van der Waals surface area contributed by atoms with E-state index in [9.17, 15) is 9.18 Å². The molecule has 1 N–H and O–H groups in total. The van der Waals surface area contributed by atoms with E-state index in [-0.39, 0.29) is 11.7 Å². The number of aryl methyl sites for hydroxylation is 1. The standard InChI is InChI=1S/C27H33ClFN5O/c1-21-25(26(28)34(31-21)20-23-9-11-24(29)12-10-23)27(35)30-13-5-6-14-32-15-17-33(18-16-32)19-22-7-3-2-4-8-22/h2-4,7-12H,5-6,13-20H2,1H3,(H,30,35). The highest BCUT2D eigenvalue weighted by atomic mass is 35.5. The van der Waals surface area contributed by atoms with Gasteiger partial charge in [-0.05, 0) is 49.6 Å². The van der Waals surface area contributed by atoms with Crippen LogP contribution in [0.3, 0.4) is 0 Å². The fraction of sp³-hybridized carbons (Fsp3) is 0.407. The second kappa shape index (κ2) is 12.3. The van der Waals surface area contributed by atoms with Gasteiger partial charge in [0.25, 0.3) is 5.91 Å². The SMILES string of the molecule is Cc1nn(Cc2ccc(F)cc2)c(Cl)c1C(=O)NCCCCN1CCN(Cc2ccccc2)CC1. The predicted octanol–water partition coefficient (Wildman–Crippen LogP) is 4.36. The first kappa shape index (κ1) is 25.4. The molecule has 4 rings (SSSR count). The molecule has 0 atom stereocenters. The van der Waals surface area contributed by atoms with Crippen molar-refractivity contribution in [1.82, 2.24) is 24.9 Å². The number of piperazine rings is 1. The van der Waals surface area contributed by atoms with Gasteiger partial charge in [0.2, 0.25) is 0 Å². The Bertz CT molecular complexity index is 1090. The van der Waals surface area contributed by atoms with Crippen LogP contribution in [0.5, 0.6) is 0 Å². The first-order valence-electron chi connectivity index (χ1n) is 12.2. The summed E-state index contributed by atoms with van der Waals surface area (Å²) in [5.74, 6) is -0.491. The van der Waals surface area contributed by atoms with E-state index in [1.807, 2.05) is 0 Å². The Morgan fingerprint density at radius 3 is 2.31 bits per heavy atom. The lowest BCUT2D eigenvalue weighted by Gasteiger charge is -2.34. The number of benzene rings is 2. The van der Waals surface area contributed by atoms with Crippen LogP contribution in [-0.2, 0) is 13.1 Å². The molecule has 2 heterocycles. The molecule has 2 aromatic carbocycles. The van der Waals surface area contributed by atoms with Crippen molar-refractivity contribution in [2.24, 2.45) is 0 Å². The maximum atomic E-state index is 13.1. The van der Waals surface area contributed by atoms with Crippen LogP contribution in [0.15, 0.2) is 54.6 Å². The first-order valence-corrected chi connectivity index (χ1v) is 12.6. The van der Waals surface area contributed by atoms with Crippen LogP contribution in [0.2, 0.25) is 5.15 Å². The Balaban J connectivity index is 1.16. The van der Waals surface area contributed by atoms with Gasteiger partial charge in [-0.1, -0.05) is 54.1 Å². The number of halogens is 2. The van der Waals surface area contributed by atoms with Crippen molar-refractivity contribution >= 4 is 17.5 Å². The van der Waals surface area contributed by atoms with E-state index in [0.29, 0.717) is 29.5 Å². The Morgan fingerprint density at radius 2 is 1.60 bits per heavy atom. The lowest BCUT2D eigenvalue weighted by atomic mass is 10.2. The molecule has 1 aromatic heterocycles.